The zero-order valence-corrected chi connectivity index (χ0v) is 20.9. The zero-order chi connectivity index (χ0) is 26.5. The number of carbonyl (C=O) groups is 2. The summed E-state index contributed by atoms with van der Waals surface area (Å²) in [5.74, 6) is -0.150. The molecule has 2 aliphatic heterocycles. The topological polar surface area (TPSA) is 160 Å². The van der Waals surface area contributed by atoms with E-state index in [0.717, 1.165) is 5.57 Å². The van der Waals surface area contributed by atoms with Crippen molar-refractivity contribution in [2.45, 2.75) is 51.7 Å². The number of nitrogens with one attached hydrogen (secondary N) is 1. The SMILES string of the molecule is C=C/C=C\C=C(/C)CN1C(=O)O[C@@H]2[C@H]1[C@@H](CCN=[N+]=[N-])O[C@H]2n1cnc2c(NC(=O)C(C)C)ncnc21. The summed E-state index contributed by atoms with van der Waals surface area (Å²) in [6.07, 6.45) is 8.19. The molecule has 2 fully saturated rings. The molecule has 4 atom stereocenters. The third kappa shape index (κ3) is 5.32. The first-order valence-electron chi connectivity index (χ1n) is 11.9. The fourth-order valence-corrected chi connectivity index (χ4v) is 4.40. The molecular formula is C24H29N9O4. The molecule has 0 bridgehead atoms. The summed E-state index contributed by atoms with van der Waals surface area (Å²) >= 11 is 0. The highest BCUT2D eigenvalue weighted by molar-refractivity contribution is 5.97. The number of anilines is 1. The Labute approximate surface area is 213 Å². The number of carbonyl (C=O) groups excluding carboxylic acids is 2. The molecule has 4 rings (SSSR count). The average Bonchev–Trinajstić information content (AvgIpc) is 3.53. The first-order chi connectivity index (χ1) is 17.8. The quantitative estimate of drug-likeness (QED) is 0.221. The van der Waals surface area contributed by atoms with Crippen LogP contribution in [0.2, 0.25) is 0 Å². The third-order valence-electron chi connectivity index (χ3n) is 6.17. The van der Waals surface area contributed by atoms with Crippen LogP contribution in [0.15, 0.2) is 54.2 Å². The van der Waals surface area contributed by atoms with Crippen LogP contribution < -0.4 is 5.32 Å². The van der Waals surface area contributed by atoms with Gasteiger partial charge >= 0.3 is 6.09 Å². The lowest BCUT2D eigenvalue weighted by Gasteiger charge is -2.25. The Kier molecular flexibility index (Phi) is 7.85. The highest BCUT2D eigenvalue weighted by Crippen LogP contribution is 2.42. The van der Waals surface area contributed by atoms with E-state index in [1.807, 2.05) is 19.1 Å². The van der Waals surface area contributed by atoms with Gasteiger partial charge < -0.3 is 14.8 Å². The van der Waals surface area contributed by atoms with E-state index >= 15 is 0 Å². The number of rotatable bonds is 10. The number of ether oxygens (including phenoxy) is 2. The minimum atomic E-state index is -0.728. The van der Waals surface area contributed by atoms with Crippen LogP contribution in [0.25, 0.3) is 21.6 Å². The second kappa shape index (κ2) is 11.2. The number of allylic oxidation sites excluding steroid dienone is 4. The summed E-state index contributed by atoms with van der Waals surface area (Å²) in [7, 11) is 0. The lowest BCUT2D eigenvalue weighted by Crippen LogP contribution is -2.42. The first-order valence-corrected chi connectivity index (χ1v) is 11.9. The number of amides is 2. The Balaban J connectivity index is 1.66. The van der Waals surface area contributed by atoms with E-state index in [1.165, 1.54) is 12.7 Å². The van der Waals surface area contributed by atoms with Gasteiger partial charge in [-0.1, -0.05) is 55.4 Å². The van der Waals surface area contributed by atoms with Gasteiger partial charge in [0.25, 0.3) is 0 Å². The molecule has 2 amide bonds. The van der Waals surface area contributed by atoms with Crippen LogP contribution in [0.4, 0.5) is 10.6 Å². The molecule has 2 aliphatic rings. The summed E-state index contributed by atoms with van der Waals surface area (Å²) in [5.41, 5.74) is 10.5. The van der Waals surface area contributed by atoms with E-state index in [-0.39, 0.29) is 24.2 Å². The maximum atomic E-state index is 13.0. The summed E-state index contributed by atoms with van der Waals surface area (Å²) in [4.78, 5) is 42.6. The summed E-state index contributed by atoms with van der Waals surface area (Å²) in [6, 6.07) is -0.419. The minimum absolute atomic E-state index is 0.198. The second-order valence-corrected chi connectivity index (χ2v) is 9.10. The molecule has 37 heavy (non-hydrogen) atoms. The third-order valence-corrected chi connectivity index (χ3v) is 6.17. The van der Waals surface area contributed by atoms with Gasteiger partial charge in [0.05, 0.1) is 12.4 Å². The Morgan fingerprint density at radius 2 is 2.16 bits per heavy atom. The maximum absolute atomic E-state index is 13.0. The van der Waals surface area contributed by atoms with Gasteiger partial charge in [-0.15, -0.1) is 0 Å². The summed E-state index contributed by atoms with van der Waals surface area (Å²) < 4.78 is 13.9. The lowest BCUT2D eigenvalue weighted by atomic mass is 10.0. The molecule has 194 valence electrons. The van der Waals surface area contributed by atoms with Gasteiger partial charge in [-0.3, -0.25) is 14.3 Å². The van der Waals surface area contributed by atoms with Crippen molar-refractivity contribution in [2.24, 2.45) is 11.0 Å². The van der Waals surface area contributed by atoms with Crippen LogP contribution in [-0.4, -0.2) is 67.8 Å². The van der Waals surface area contributed by atoms with E-state index in [0.29, 0.717) is 24.1 Å². The maximum Gasteiger partial charge on any atom is 0.411 e. The van der Waals surface area contributed by atoms with Crippen LogP contribution >= 0.6 is 0 Å². The molecule has 0 saturated carbocycles. The predicted octanol–water partition coefficient (Wildman–Crippen LogP) is 3.90. The van der Waals surface area contributed by atoms with Crippen molar-refractivity contribution >= 4 is 29.0 Å². The molecule has 4 heterocycles. The monoisotopic (exact) mass is 507 g/mol. The highest BCUT2D eigenvalue weighted by Gasteiger charge is 2.56. The van der Waals surface area contributed by atoms with Crippen LogP contribution in [0.3, 0.4) is 0 Å². The van der Waals surface area contributed by atoms with Gasteiger partial charge in [-0.2, -0.15) is 0 Å². The Bertz CT molecular complexity index is 1290. The number of nitrogens with zero attached hydrogens (tertiary/aromatic N) is 8. The van der Waals surface area contributed by atoms with Crippen LogP contribution in [0.1, 0.15) is 33.4 Å². The van der Waals surface area contributed by atoms with E-state index in [1.54, 1.807) is 35.5 Å². The van der Waals surface area contributed by atoms with Crippen molar-refractivity contribution in [3.05, 3.63) is 59.6 Å². The molecule has 0 spiro atoms. The van der Waals surface area contributed by atoms with Gasteiger partial charge in [0.15, 0.2) is 29.3 Å². The van der Waals surface area contributed by atoms with Crippen molar-refractivity contribution < 1.29 is 19.1 Å². The molecule has 2 aromatic heterocycles. The van der Waals surface area contributed by atoms with E-state index in [9.17, 15) is 9.59 Å². The number of fused-ring (bicyclic) bond motifs is 2. The molecule has 0 aromatic carbocycles. The van der Waals surface area contributed by atoms with E-state index < -0.39 is 30.6 Å². The Morgan fingerprint density at radius 1 is 1.35 bits per heavy atom. The van der Waals surface area contributed by atoms with Gasteiger partial charge in [-0.25, -0.2) is 19.7 Å². The molecule has 1 N–H and O–H groups in total. The van der Waals surface area contributed by atoms with Crippen molar-refractivity contribution in [3.63, 3.8) is 0 Å². The van der Waals surface area contributed by atoms with Crippen molar-refractivity contribution in [3.8, 4) is 0 Å². The molecular weight excluding hydrogens is 478 g/mol. The number of hydrogen-bond acceptors (Lipinski definition) is 8. The van der Waals surface area contributed by atoms with E-state index in [2.05, 4.69) is 36.9 Å². The zero-order valence-electron chi connectivity index (χ0n) is 20.9. The number of hydrogen-bond donors (Lipinski definition) is 1. The second-order valence-electron chi connectivity index (χ2n) is 9.10. The van der Waals surface area contributed by atoms with E-state index in [4.69, 9.17) is 15.0 Å². The van der Waals surface area contributed by atoms with Crippen LogP contribution in [-0.2, 0) is 14.3 Å². The summed E-state index contributed by atoms with van der Waals surface area (Å²) in [5, 5.41) is 6.41. The summed E-state index contributed by atoms with van der Waals surface area (Å²) in [6.45, 7) is 9.68. The largest absolute Gasteiger partial charge is 0.439 e. The Morgan fingerprint density at radius 3 is 2.89 bits per heavy atom. The highest BCUT2D eigenvalue weighted by atomic mass is 16.6. The molecule has 0 aliphatic carbocycles. The van der Waals surface area contributed by atoms with Crippen molar-refractivity contribution in [2.75, 3.05) is 18.4 Å². The number of aromatic nitrogens is 4. The van der Waals surface area contributed by atoms with Gasteiger partial charge in [-0.05, 0) is 18.9 Å². The van der Waals surface area contributed by atoms with Crippen LogP contribution in [0, 0.1) is 5.92 Å². The minimum Gasteiger partial charge on any atom is -0.439 e. The van der Waals surface area contributed by atoms with Crippen LogP contribution in [0.5, 0.6) is 0 Å². The standard InChI is InChI=1S/C24H29N9O4/c1-5-6-7-8-15(4)11-32-18-16(9-10-29-31-25)36-23(19(18)37-24(32)35)33-13-28-17-20(26-12-27-21(17)33)30-22(34)14(2)3/h5-8,12-14,16,18-19,23H,1,9-11H2,2-4H3,(H,26,27,30,34)/b7-6-,15-8+/t16-,18-,19-,23-/m1/s1. The molecule has 2 aromatic rings. The number of imidazole rings is 1. The Hall–Kier alpha value is -4.22. The van der Waals surface area contributed by atoms with Gasteiger partial charge in [0, 0.05) is 23.9 Å². The predicted molar refractivity (Wildman–Crippen MR) is 135 cm³/mol. The molecule has 2 saturated heterocycles. The van der Waals surface area contributed by atoms with Crippen molar-refractivity contribution in [1.82, 2.24) is 24.4 Å². The normalized spacial score (nSPS) is 23.4. The fourth-order valence-electron chi connectivity index (χ4n) is 4.40. The number of azide groups is 1. The fraction of sp³-hybridized carbons (Fsp3) is 0.458. The molecule has 13 nitrogen and oxygen atoms in total. The van der Waals surface area contributed by atoms with Gasteiger partial charge in [0.1, 0.15) is 12.4 Å². The van der Waals surface area contributed by atoms with Crippen molar-refractivity contribution in [1.29, 1.82) is 0 Å². The van der Waals surface area contributed by atoms with Gasteiger partial charge in [0.2, 0.25) is 5.91 Å². The molecule has 0 unspecified atom stereocenters. The average molecular weight is 508 g/mol. The molecule has 0 radical (unpaired) electrons. The first kappa shape index (κ1) is 25.9. The lowest BCUT2D eigenvalue weighted by molar-refractivity contribution is -0.118. The molecule has 13 heteroatoms. The smallest absolute Gasteiger partial charge is 0.411 e.